The van der Waals surface area contributed by atoms with Crippen LogP contribution in [0, 0.1) is 11.3 Å². The molecule has 4 nitrogen and oxygen atoms in total. The summed E-state index contributed by atoms with van der Waals surface area (Å²) >= 11 is 0. The van der Waals surface area contributed by atoms with Gasteiger partial charge in [0, 0.05) is 25.2 Å². The van der Waals surface area contributed by atoms with Crippen LogP contribution < -0.4 is 10.1 Å². The zero-order valence-corrected chi connectivity index (χ0v) is 15.5. The molecule has 0 aliphatic heterocycles. The van der Waals surface area contributed by atoms with E-state index in [1.54, 1.807) is 18.2 Å². The molecule has 0 saturated carbocycles. The number of benzene rings is 1. The van der Waals surface area contributed by atoms with Gasteiger partial charge in [0.25, 0.3) is 0 Å². The summed E-state index contributed by atoms with van der Waals surface area (Å²) in [5.74, 6) is 1.24. The molecule has 27 heavy (non-hydrogen) atoms. The van der Waals surface area contributed by atoms with Crippen molar-refractivity contribution in [2.24, 2.45) is 0 Å². The van der Waals surface area contributed by atoms with E-state index in [4.69, 9.17) is 10.00 Å². The maximum absolute atomic E-state index is 8.80. The molecule has 0 aliphatic rings. The number of nitrogens with zero attached hydrogens (tertiary/aromatic N) is 2. The van der Waals surface area contributed by atoms with Gasteiger partial charge in [-0.05, 0) is 37.1 Å². The lowest BCUT2D eigenvalue weighted by Crippen LogP contribution is -2.14. The highest BCUT2D eigenvalue weighted by atomic mass is 16.5. The average Bonchev–Trinajstić information content (AvgIpc) is 2.71. The third-order valence-electron chi connectivity index (χ3n) is 3.79. The number of nitrogens with one attached hydrogen (secondary N) is 1. The highest BCUT2D eigenvalue weighted by Gasteiger charge is 2.00. The van der Waals surface area contributed by atoms with Crippen LogP contribution in [-0.2, 0) is 6.54 Å². The van der Waals surface area contributed by atoms with Crippen LogP contribution in [0.15, 0.2) is 85.3 Å². The molecule has 0 atom stereocenters. The first-order chi connectivity index (χ1) is 13.3. The quantitative estimate of drug-likeness (QED) is 0.268. The Labute approximate surface area is 161 Å². The molecule has 0 bridgehead atoms. The highest BCUT2D eigenvalue weighted by molar-refractivity contribution is 5.29. The maximum Gasteiger partial charge on any atom is 0.218 e. The molecule has 0 spiro atoms. The van der Waals surface area contributed by atoms with E-state index in [1.807, 2.05) is 18.2 Å². The van der Waals surface area contributed by atoms with Crippen LogP contribution in [0.25, 0.3) is 0 Å². The van der Waals surface area contributed by atoms with Crippen molar-refractivity contribution in [3.05, 3.63) is 96.4 Å². The van der Waals surface area contributed by atoms with E-state index in [1.165, 1.54) is 11.8 Å². The molecule has 1 heterocycles. The number of unbranched alkanes of at least 4 members (excludes halogenated alkanes) is 1. The summed E-state index contributed by atoms with van der Waals surface area (Å²) in [5.41, 5.74) is 1.82. The average molecular weight is 359 g/mol. The topological polar surface area (TPSA) is 57.9 Å². The van der Waals surface area contributed by atoms with Crippen LogP contribution in [0.3, 0.4) is 0 Å². The summed E-state index contributed by atoms with van der Waals surface area (Å²) in [4.78, 5) is 4.12. The van der Waals surface area contributed by atoms with Crippen LogP contribution in [0.5, 0.6) is 5.88 Å². The smallest absolute Gasteiger partial charge is 0.218 e. The maximum atomic E-state index is 8.80. The normalized spacial score (nSPS) is 11.3. The molecule has 2 aromatic rings. The number of aromatic nitrogens is 1. The van der Waals surface area contributed by atoms with Crippen LogP contribution in [-0.4, -0.2) is 11.5 Å². The lowest BCUT2D eigenvalue weighted by atomic mass is 10.2. The fourth-order valence-electron chi connectivity index (χ4n) is 2.41. The molecule has 0 saturated heterocycles. The second kappa shape index (κ2) is 12.2. The van der Waals surface area contributed by atoms with E-state index in [2.05, 4.69) is 53.3 Å². The highest BCUT2D eigenvalue weighted by Crippen LogP contribution is 2.14. The van der Waals surface area contributed by atoms with Gasteiger partial charge in [-0.2, -0.15) is 5.26 Å². The van der Waals surface area contributed by atoms with Crippen molar-refractivity contribution < 1.29 is 4.74 Å². The zero-order valence-electron chi connectivity index (χ0n) is 15.5. The Morgan fingerprint density at radius 2 is 2.04 bits per heavy atom. The summed E-state index contributed by atoms with van der Waals surface area (Å²) in [6.07, 6.45) is 12.0. The standard InChI is InChI=1S/C23H25N3O/c1-2-10-22(27-23-15-14-21(17-24)19-26-23)13-8-3-4-9-16-25-18-20-11-6-5-7-12-20/h2-3,5-8,10-12,14-15,19,25H,1,4,9,13,16,18H2/b8-3-,22-10+. The molecule has 2 rings (SSSR count). The first kappa shape index (κ1) is 20.2. The summed E-state index contributed by atoms with van der Waals surface area (Å²) in [6.45, 7) is 5.61. The lowest BCUT2D eigenvalue weighted by molar-refractivity contribution is 0.399. The minimum Gasteiger partial charge on any atom is -0.443 e. The van der Waals surface area contributed by atoms with Crippen molar-refractivity contribution in [3.63, 3.8) is 0 Å². The summed E-state index contributed by atoms with van der Waals surface area (Å²) in [7, 11) is 0. The second-order valence-electron chi connectivity index (χ2n) is 5.95. The van der Waals surface area contributed by atoms with Crippen molar-refractivity contribution in [2.75, 3.05) is 6.54 Å². The van der Waals surface area contributed by atoms with Crippen LogP contribution in [0.2, 0.25) is 0 Å². The Kier molecular flexibility index (Phi) is 9.13. The van der Waals surface area contributed by atoms with E-state index in [-0.39, 0.29) is 0 Å². The molecule has 0 radical (unpaired) electrons. The lowest BCUT2D eigenvalue weighted by Gasteiger charge is -2.07. The van der Waals surface area contributed by atoms with Gasteiger partial charge in [0.1, 0.15) is 11.8 Å². The van der Waals surface area contributed by atoms with E-state index >= 15 is 0 Å². The summed E-state index contributed by atoms with van der Waals surface area (Å²) in [6, 6.07) is 15.8. The number of nitriles is 1. The van der Waals surface area contributed by atoms with Crippen molar-refractivity contribution in [1.82, 2.24) is 10.3 Å². The Hall–Kier alpha value is -3.16. The van der Waals surface area contributed by atoms with Crippen LogP contribution in [0.1, 0.15) is 30.4 Å². The molecular weight excluding hydrogens is 334 g/mol. The van der Waals surface area contributed by atoms with Crippen molar-refractivity contribution in [2.45, 2.75) is 25.8 Å². The third-order valence-corrected chi connectivity index (χ3v) is 3.79. The van der Waals surface area contributed by atoms with Gasteiger partial charge in [-0.15, -0.1) is 0 Å². The van der Waals surface area contributed by atoms with E-state index in [0.717, 1.165) is 31.7 Å². The number of hydrogen-bond donors (Lipinski definition) is 1. The fraction of sp³-hybridized carbons (Fsp3) is 0.217. The molecule has 0 unspecified atom stereocenters. The molecule has 138 valence electrons. The van der Waals surface area contributed by atoms with Gasteiger partial charge in [0.05, 0.1) is 5.56 Å². The number of allylic oxidation sites excluding steroid dienone is 4. The van der Waals surface area contributed by atoms with Gasteiger partial charge >= 0.3 is 0 Å². The number of hydrogen-bond acceptors (Lipinski definition) is 4. The first-order valence-corrected chi connectivity index (χ1v) is 9.07. The van der Waals surface area contributed by atoms with Crippen molar-refractivity contribution in [3.8, 4) is 11.9 Å². The number of rotatable bonds is 11. The first-order valence-electron chi connectivity index (χ1n) is 9.07. The predicted octanol–water partition coefficient (Wildman–Crippen LogP) is 4.92. The van der Waals surface area contributed by atoms with Crippen molar-refractivity contribution in [1.29, 1.82) is 5.26 Å². The zero-order chi connectivity index (χ0) is 19.2. The molecule has 1 N–H and O–H groups in total. The Morgan fingerprint density at radius 3 is 2.74 bits per heavy atom. The number of pyridine rings is 1. The van der Waals surface area contributed by atoms with Crippen LogP contribution in [0.4, 0.5) is 0 Å². The molecule has 0 aliphatic carbocycles. The molecule has 1 aromatic heterocycles. The molecule has 0 amide bonds. The molecular formula is C23H25N3O. The van der Waals surface area contributed by atoms with Gasteiger partial charge in [-0.3, -0.25) is 0 Å². The van der Waals surface area contributed by atoms with Gasteiger partial charge in [-0.1, -0.05) is 55.1 Å². The van der Waals surface area contributed by atoms with Gasteiger partial charge < -0.3 is 10.1 Å². The van der Waals surface area contributed by atoms with E-state index in [9.17, 15) is 0 Å². The monoisotopic (exact) mass is 359 g/mol. The third kappa shape index (κ3) is 8.17. The largest absolute Gasteiger partial charge is 0.443 e. The Morgan fingerprint density at radius 1 is 1.19 bits per heavy atom. The van der Waals surface area contributed by atoms with Gasteiger partial charge in [0.15, 0.2) is 0 Å². The van der Waals surface area contributed by atoms with Crippen molar-refractivity contribution >= 4 is 0 Å². The van der Waals surface area contributed by atoms with E-state index < -0.39 is 0 Å². The Bertz CT molecular complexity index is 787. The summed E-state index contributed by atoms with van der Waals surface area (Å²) < 4.78 is 5.75. The predicted molar refractivity (Wildman–Crippen MR) is 109 cm³/mol. The minimum atomic E-state index is 0.473. The molecule has 4 heteroatoms. The SMILES string of the molecule is C=C/C=C(\C/C=C\CCCNCc1ccccc1)Oc1ccc(C#N)cn1. The van der Waals surface area contributed by atoms with E-state index in [0.29, 0.717) is 17.9 Å². The second-order valence-corrected chi connectivity index (χ2v) is 5.95. The van der Waals surface area contributed by atoms with Gasteiger partial charge in [0.2, 0.25) is 5.88 Å². The fourth-order valence-corrected chi connectivity index (χ4v) is 2.41. The van der Waals surface area contributed by atoms with Gasteiger partial charge in [-0.25, -0.2) is 4.98 Å². The minimum absolute atomic E-state index is 0.473. The summed E-state index contributed by atoms with van der Waals surface area (Å²) in [5, 5.41) is 12.3. The van der Waals surface area contributed by atoms with Crippen LogP contribution >= 0.6 is 0 Å². The number of ether oxygens (including phenoxy) is 1. The molecule has 1 aromatic carbocycles. The Balaban J connectivity index is 1.66. The molecule has 0 fully saturated rings.